The number of aliphatic imine (C=N–C) groups is 1. The Morgan fingerprint density at radius 2 is 2.28 bits per heavy atom. The molecular weight excluding hydrogens is 473 g/mol. The normalized spacial score (nSPS) is 29.0. The Bertz CT molecular complexity index is 610. The van der Waals surface area contributed by atoms with Gasteiger partial charge in [0.05, 0.1) is 10.4 Å². The van der Waals surface area contributed by atoms with Crippen molar-refractivity contribution in [2.75, 3.05) is 20.2 Å². The molecule has 1 aromatic heterocycles. The first-order valence-corrected chi connectivity index (χ1v) is 9.65. The Labute approximate surface area is 175 Å². The molecule has 0 bridgehead atoms. The summed E-state index contributed by atoms with van der Waals surface area (Å²) in [4.78, 5) is 5.16. The topological polar surface area (TPSA) is 65.9 Å². The van der Waals surface area contributed by atoms with Crippen LogP contribution in [0.25, 0.3) is 0 Å². The van der Waals surface area contributed by atoms with Gasteiger partial charge in [0.1, 0.15) is 6.10 Å². The van der Waals surface area contributed by atoms with Crippen LogP contribution in [0, 0.1) is 11.3 Å². The molecule has 25 heavy (non-hydrogen) atoms. The van der Waals surface area contributed by atoms with Gasteiger partial charge in [0, 0.05) is 42.5 Å². The third-order valence-electron chi connectivity index (χ3n) is 5.23. The van der Waals surface area contributed by atoms with Crippen LogP contribution in [0.2, 0.25) is 4.34 Å². The fraction of sp³-hybridized carbons (Fsp3) is 0.706. The van der Waals surface area contributed by atoms with Gasteiger partial charge in [-0.15, -0.1) is 35.3 Å². The van der Waals surface area contributed by atoms with E-state index >= 15 is 0 Å². The van der Waals surface area contributed by atoms with Crippen LogP contribution in [0.15, 0.2) is 17.1 Å². The molecule has 3 rings (SSSR count). The molecule has 0 radical (unpaired) electrons. The van der Waals surface area contributed by atoms with E-state index in [2.05, 4.69) is 29.5 Å². The molecule has 1 aliphatic carbocycles. The number of hydrogen-bond acceptors (Lipinski definition) is 4. The van der Waals surface area contributed by atoms with E-state index in [-0.39, 0.29) is 29.4 Å². The average Bonchev–Trinajstić information content (AvgIpc) is 3.01. The minimum absolute atomic E-state index is 0. The standard InChI is InChI=1S/C17H26ClN3O2S.HI/c1-17(2)14(10-5-4-8-23-15(10)17)21-16(19-3)20-9-11(22)12-6-7-13(18)24-12;/h6-7,10-11,14-15,22H,4-5,8-9H2,1-3H3,(H2,19,20,21);1H. The van der Waals surface area contributed by atoms with Crippen LogP contribution in [0.3, 0.4) is 0 Å². The van der Waals surface area contributed by atoms with Crippen molar-refractivity contribution in [3.8, 4) is 0 Å². The molecule has 0 amide bonds. The minimum atomic E-state index is -0.596. The zero-order valence-electron chi connectivity index (χ0n) is 14.8. The van der Waals surface area contributed by atoms with E-state index in [9.17, 15) is 5.11 Å². The molecule has 1 aliphatic heterocycles. The molecule has 5 nitrogen and oxygen atoms in total. The van der Waals surface area contributed by atoms with Crippen molar-refractivity contribution in [1.29, 1.82) is 0 Å². The van der Waals surface area contributed by atoms with E-state index in [0.29, 0.717) is 28.9 Å². The van der Waals surface area contributed by atoms with Crippen LogP contribution in [-0.2, 0) is 4.74 Å². The lowest BCUT2D eigenvalue weighted by Crippen LogP contribution is -2.71. The quantitative estimate of drug-likeness (QED) is 0.337. The molecule has 4 unspecified atom stereocenters. The lowest BCUT2D eigenvalue weighted by molar-refractivity contribution is -0.188. The number of thiophene rings is 1. The van der Waals surface area contributed by atoms with Crippen LogP contribution in [0.4, 0.5) is 0 Å². The van der Waals surface area contributed by atoms with Crippen molar-refractivity contribution in [2.45, 2.75) is 44.9 Å². The zero-order chi connectivity index (χ0) is 17.3. The predicted octanol–water partition coefficient (Wildman–Crippen LogP) is 3.42. The molecule has 8 heteroatoms. The fourth-order valence-electron chi connectivity index (χ4n) is 3.96. The molecule has 0 spiro atoms. The van der Waals surface area contributed by atoms with E-state index in [1.54, 1.807) is 13.1 Å². The molecule has 1 saturated carbocycles. The van der Waals surface area contributed by atoms with Gasteiger partial charge in [-0.2, -0.15) is 0 Å². The number of fused-ring (bicyclic) bond motifs is 1. The van der Waals surface area contributed by atoms with Gasteiger partial charge in [-0.3, -0.25) is 4.99 Å². The highest BCUT2D eigenvalue weighted by Gasteiger charge is 2.58. The molecular formula is C17H27ClIN3O2S. The summed E-state index contributed by atoms with van der Waals surface area (Å²) in [5.74, 6) is 1.26. The number of nitrogens with zero attached hydrogens (tertiary/aromatic N) is 1. The van der Waals surface area contributed by atoms with Crippen LogP contribution < -0.4 is 10.6 Å². The molecule has 2 heterocycles. The van der Waals surface area contributed by atoms with Crippen LogP contribution >= 0.6 is 46.9 Å². The SMILES string of the molecule is CN=C(NCC(O)c1ccc(Cl)s1)NC1C2CCCOC2C1(C)C.I. The second kappa shape index (κ2) is 8.73. The highest BCUT2D eigenvalue weighted by atomic mass is 127. The first kappa shape index (κ1) is 21.2. The molecule has 2 fully saturated rings. The number of aliphatic hydroxyl groups is 1. The Morgan fingerprint density at radius 1 is 1.52 bits per heavy atom. The second-order valence-corrected chi connectivity index (χ2v) is 8.90. The lowest BCUT2D eigenvalue weighted by Gasteiger charge is -2.60. The second-order valence-electron chi connectivity index (χ2n) is 7.15. The van der Waals surface area contributed by atoms with Crippen molar-refractivity contribution in [3.05, 3.63) is 21.3 Å². The van der Waals surface area contributed by atoms with E-state index in [0.717, 1.165) is 23.9 Å². The third-order valence-corrected chi connectivity index (χ3v) is 6.56. The Morgan fingerprint density at radius 3 is 2.92 bits per heavy atom. The largest absolute Gasteiger partial charge is 0.386 e. The average molecular weight is 500 g/mol. The number of hydrogen-bond donors (Lipinski definition) is 3. The Kier molecular flexibility index (Phi) is 7.41. The van der Waals surface area contributed by atoms with Crippen molar-refractivity contribution in [3.63, 3.8) is 0 Å². The maximum absolute atomic E-state index is 10.3. The van der Waals surface area contributed by atoms with Crippen molar-refractivity contribution < 1.29 is 9.84 Å². The Hall–Kier alpha value is -0.0900. The fourth-order valence-corrected chi connectivity index (χ4v) is 5.01. The van der Waals surface area contributed by atoms with Gasteiger partial charge in [-0.1, -0.05) is 25.4 Å². The van der Waals surface area contributed by atoms with Gasteiger partial charge in [0.2, 0.25) is 0 Å². The predicted molar refractivity (Wildman–Crippen MR) is 114 cm³/mol. The summed E-state index contributed by atoms with van der Waals surface area (Å²) in [6.07, 6.45) is 2.06. The molecule has 1 aromatic rings. The summed E-state index contributed by atoms with van der Waals surface area (Å²) < 4.78 is 6.63. The highest BCUT2D eigenvalue weighted by molar-refractivity contribution is 14.0. The number of nitrogens with one attached hydrogen (secondary N) is 2. The number of rotatable bonds is 4. The number of halogens is 2. The van der Waals surface area contributed by atoms with Crippen molar-refractivity contribution in [2.24, 2.45) is 16.3 Å². The summed E-state index contributed by atoms with van der Waals surface area (Å²) >= 11 is 7.32. The first-order valence-electron chi connectivity index (χ1n) is 8.45. The highest BCUT2D eigenvalue weighted by Crippen LogP contribution is 2.51. The summed E-state index contributed by atoms with van der Waals surface area (Å²) in [5.41, 5.74) is 0.0859. The van der Waals surface area contributed by atoms with Gasteiger partial charge >= 0.3 is 0 Å². The van der Waals surface area contributed by atoms with Gasteiger partial charge < -0.3 is 20.5 Å². The third kappa shape index (κ3) is 4.43. The lowest BCUT2D eigenvalue weighted by atomic mass is 9.55. The van der Waals surface area contributed by atoms with Gasteiger partial charge in [-0.25, -0.2) is 0 Å². The van der Waals surface area contributed by atoms with Crippen molar-refractivity contribution in [1.82, 2.24) is 10.6 Å². The first-order chi connectivity index (χ1) is 11.4. The van der Waals surface area contributed by atoms with Crippen LogP contribution in [0.1, 0.15) is 37.7 Å². The molecule has 0 aromatic carbocycles. The van der Waals surface area contributed by atoms with Gasteiger partial charge in [0.25, 0.3) is 0 Å². The molecule has 2 aliphatic rings. The molecule has 4 atom stereocenters. The summed E-state index contributed by atoms with van der Waals surface area (Å²) in [6, 6.07) is 3.99. The van der Waals surface area contributed by atoms with Crippen LogP contribution in [-0.4, -0.2) is 43.4 Å². The minimum Gasteiger partial charge on any atom is -0.386 e. The maximum Gasteiger partial charge on any atom is 0.191 e. The smallest absolute Gasteiger partial charge is 0.191 e. The summed E-state index contributed by atoms with van der Waals surface area (Å²) in [6.45, 7) is 5.76. The zero-order valence-corrected chi connectivity index (χ0v) is 18.7. The summed E-state index contributed by atoms with van der Waals surface area (Å²) in [5, 5.41) is 17.0. The summed E-state index contributed by atoms with van der Waals surface area (Å²) in [7, 11) is 1.75. The van der Waals surface area contributed by atoms with E-state index in [1.165, 1.54) is 17.8 Å². The molecule has 1 saturated heterocycles. The van der Waals surface area contributed by atoms with Crippen molar-refractivity contribution >= 4 is 52.9 Å². The number of ether oxygens (including phenoxy) is 1. The van der Waals surface area contributed by atoms with E-state index in [1.807, 2.05) is 6.07 Å². The monoisotopic (exact) mass is 499 g/mol. The number of guanidine groups is 1. The van der Waals surface area contributed by atoms with Gasteiger partial charge in [0.15, 0.2) is 5.96 Å². The van der Waals surface area contributed by atoms with Gasteiger partial charge in [-0.05, 0) is 25.0 Å². The number of aliphatic hydroxyl groups excluding tert-OH is 1. The van der Waals surface area contributed by atoms with Crippen LogP contribution in [0.5, 0.6) is 0 Å². The van der Waals surface area contributed by atoms with E-state index in [4.69, 9.17) is 16.3 Å². The van der Waals surface area contributed by atoms with E-state index < -0.39 is 6.10 Å². The Balaban J connectivity index is 0.00000225. The maximum atomic E-state index is 10.3. The molecule has 142 valence electrons. The molecule has 3 N–H and O–H groups in total.